The number of carbonyl (C=O) groups excluding carboxylic acids is 1. The van der Waals surface area contributed by atoms with E-state index >= 15 is 0 Å². The molecule has 0 spiro atoms. The molecule has 0 bridgehead atoms. The van der Waals surface area contributed by atoms with Crippen molar-refractivity contribution in [1.29, 1.82) is 0 Å². The van der Waals surface area contributed by atoms with Gasteiger partial charge in [-0.2, -0.15) is 0 Å². The first-order valence-corrected chi connectivity index (χ1v) is 7.62. The van der Waals surface area contributed by atoms with Gasteiger partial charge < -0.3 is 0 Å². The molecule has 0 radical (unpaired) electrons. The fourth-order valence-corrected chi connectivity index (χ4v) is 3.12. The molecule has 98 valence electrons. The van der Waals surface area contributed by atoms with Gasteiger partial charge in [0, 0.05) is 16.8 Å². The first-order chi connectivity index (χ1) is 8.56. The Morgan fingerprint density at radius 1 is 1.28 bits per heavy atom. The highest BCUT2D eigenvalue weighted by Gasteiger charge is 2.30. The van der Waals surface area contributed by atoms with Gasteiger partial charge in [0.15, 0.2) is 0 Å². The van der Waals surface area contributed by atoms with Gasteiger partial charge in [-0.1, -0.05) is 41.9 Å². The van der Waals surface area contributed by atoms with E-state index in [9.17, 15) is 4.79 Å². The van der Waals surface area contributed by atoms with Crippen molar-refractivity contribution in [3.8, 4) is 0 Å². The molecule has 0 aliphatic heterocycles. The number of carbonyl (C=O) groups is 1. The van der Waals surface area contributed by atoms with Crippen LogP contribution in [0.25, 0.3) is 0 Å². The van der Waals surface area contributed by atoms with Crippen molar-refractivity contribution in [1.82, 2.24) is 0 Å². The minimum Gasteiger partial charge on any atom is -0.299 e. The molecule has 2 rings (SSSR count). The number of benzene rings is 1. The first kappa shape index (κ1) is 13.8. The Kier molecular flexibility index (Phi) is 4.60. The Labute approximate surface area is 118 Å². The summed E-state index contributed by atoms with van der Waals surface area (Å²) in [6.07, 6.45) is 3.86. The quantitative estimate of drug-likeness (QED) is 0.795. The highest BCUT2D eigenvalue weighted by Crippen LogP contribution is 2.33. The van der Waals surface area contributed by atoms with Gasteiger partial charge in [0.05, 0.1) is 0 Å². The number of Topliss-reactive ketones (excluding diaryl/α,β-unsaturated/α-hetero) is 1. The maximum atomic E-state index is 12.0. The second kappa shape index (κ2) is 6.01. The van der Waals surface area contributed by atoms with Gasteiger partial charge in [0.25, 0.3) is 0 Å². The van der Waals surface area contributed by atoms with Gasteiger partial charge >= 0.3 is 0 Å². The average molecular weight is 309 g/mol. The molecule has 0 saturated heterocycles. The maximum Gasteiger partial charge on any atom is 0.136 e. The van der Waals surface area contributed by atoms with Crippen LogP contribution < -0.4 is 0 Å². The van der Waals surface area contributed by atoms with Crippen molar-refractivity contribution < 1.29 is 4.79 Å². The highest BCUT2D eigenvalue weighted by atomic mass is 79.9. The smallest absolute Gasteiger partial charge is 0.136 e. The van der Waals surface area contributed by atoms with Gasteiger partial charge in [0.2, 0.25) is 0 Å². The van der Waals surface area contributed by atoms with Crippen LogP contribution in [0.15, 0.2) is 28.7 Å². The zero-order valence-corrected chi connectivity index (χ0v) is 12.7. The molecule has 0 N–H and O–H groups in total. The molecular formula is C16H21BrO. The molecule has 1 aromatic rings. The molecule has 1 saturated carbocycles. The predicted molar refractivity (Wildman–Crippen MR) is 78.5 cm³/mol. The van der Waals surface area contributed by atoms with Crippen LogP contribution in [0.1, 0.15) is 38.7 Å². The zero-order chi connectivity index (χ0) is 13.1. The monoisotopic (exact) mass is 308 g/mol. The van der Waals surface area contributed by atoms with Crippen LogP contribution in [-0.2, 0) is 11.2 Å². The molecule has 0 amide bonds. The van der Waals surface area contributed by atoms with Crippen LogP contribution in [0.3, 0.4) is 0 Å². The summed E-state index contributed by atoms with van der Waals surface area (Å²) in [6.45, 7) is 4.55. The first-order valence-electron chi connectivity index (χ1n) is 6.83. The van der Waals surface area contributed by atoms with E-state index in [-0.39, 0.29) is 5.92 Å². The highest BCUT2D eigenvalue weighted by molar-refractivity contribution is 9.10. The molecule has 2 heteroatoms. The molecule has 1 aromatic carbocycles. The normalized spacial score (nSPS) is 24.6. The molecule has 1 nitrogen and oxygen atoms in total. The van der Waals surface area contributed by atoms with E-state index in [0.717, 1.165) is 36.1 Å². The molecule has 18 heavy (non-hydrogen) atoms. The third-order valence-electron chi connectivity index (χ3n) is 4.14. The second-order valence-electron chi connectivity index (χ2n) is 5.77. The largest absolute Gasteiger partial charge is 0.299 e. The Balaban J connectivity index is 2.02. The van der Waals surface area contributed by atoms with E-state index in [2.05, 4.69) is 54.0 Å². The molecule has 1 fully saturated rings. The van der Waals surface area contributed by atoms with Crippen molar-refractivity contribution in [3.63, 3.8) is 0 Å². The van der Waals surface area contributed by atoms with Crippen molar-refractivity contribution in [3.05, 3.63) is 34.3 Å². The standard InChI is InChI=1S/C16H21BrO/c1-11(2)13-5-8-16(18)14(10-13)9-12-3-6-15(17)7-4-12/h3-4,6-7,11,13-14H,5,8-10H2,1-2H3. The Morgan fingerprint density at radius 3 is 2.56 bits per heavy atom. The number of ketones is 1. The van der Waals surface area contributed by atoms with E-state index in [0.29, 0.717) is 11.7 Å². The second-order valence-corrected chi connectivity index (χ2v) is 6.69. The van der Waals surface area contributed by atoms with E-state index in [4.69, 9.17) is 0 Å². The van der Waals surface area contributed by atoms with Gasteiger partial charge in [-0.25, -0.2) is 0 Å². The maximum absolute atomic E-state index is 12.0. The summed E-state index contributed by atoms with van der Waals surface area (Å²) in [5, 5.41) is 0. The van der Waals surface area contributed by atoms with Gasteiger partial charge in [-0.3, -0.25) is 4.79 Å². The van der Waals surface area contributed by atoms with Crippen LogP contribution in [0.2, 0.25) is 0 Å². The molecule has 0 heterocycles. The molecule has 1 aliphatic carbocycles. The molecular weight excluding hydrogens is 288 g/mol. The predicted octanol–water partition coefficient (Wildman–Crippen LogP) is 4.63. The van der Waals surface area contributed by atoms with Crippen LogP contribution in [0.4, 0.5) is 0 Å². The Hall–Kier alpha value is -0.630. The number of rotatable bonds is 3. The van der Waals surface area contributed by atoms with E-state index in [1.54, 1.807) is 0 Å². The Bertz CT molecular complexity index is 408. The van der Waals surface area contributed by atoms with E-state index in [1.807, 2.05) is 0 Å². The summed E-state index contributed by atoms with van der Waals surface area (Å²) in [6, 6.07) is 8.36. The van der Waals surface area contributed by atoms with Gasteiger partial charge in [-0.15, -0.1) is 0 Å². The molecule has 1 aliphatic rings. The third-order valence-corrected chi connectivity index (χ3v) is 4.67. The van der Waals surface area contributed by atoms with E-state index in [1.165, 1.54) is 5.56 Å². The average Bonchev–Trinajstić information content (AvgIpc) is 2.34. The summed E-state index contributed by atoms with van der Waals surface area (Å²) in [5.74, 6) is 2.14. The molecule has 0 aromatic heterocycles. The van der Waals surface area contributed by atoms with Crippen molar-refractivity contribution >= 4 is 21.7 Å². The van der Waals surface area contributed by atoms with Crippen molar-refractivity contribution in [2.45, 2.75) is 39.5 Å². The summed E-state index contributed by atoms with van der Waals surface area (Å²) >= 11 is 3.44. The minimum absolute atomic E-state index is 0.243. The van der Waals surface area contributed by atoms with Crippen LogP contribution in [0.5, 0.6) is 0 Å². The van der Waals surface area contributed by atoms with Crippen LogP contribution >= 0.6 is 15.9 Å². The van der Waals surface area contributed by atoms with Crippen LogP contribution in [0, 0.1) is 17.8 Å². The van der Waals surface area contributed by atoms with Crippen molar-refractivity contribution in [2.24, 2.45) is 17.8 Å². The third kappa shape index (κ3) is 3.44. The number of halogens is 1. The summed E-state index contributed by atoms with van der Waals surface area (Å²) in [5.41, 5.74) is 1.28. The SMILES string of the molecule is CC(C)C1CCC(=O)C(Cc2ccc(Br)cc2)C1. The lowest BCUT2D eigenvalue weighted by molar-refractivity contribution is -0.125. The minimum atomic E-state index is 0.243. The van der Waals surface area contributed by atoms with E-state index < -0.39 is 0 Å². The fourth-order valence-electron chi connectivity index (χ4n) is 2.85. The number of hydrogen-bond acceptors (Lipinski definition) is 1. The lowest BCUT2D eigenvalue weighted by atomic mass is 9.73. The summed E-state index contributed by atoms with van der Waals surface area (Å²) < 4.78 is 1.10. The number of hydrogen-bond donors (Lipinski definition) is 0. The molecule has 2 atom stereocenters. The zero-order valence-electron chi connectivity index (χ0n) is 11.2. The Morgan fingerprint density at radius 2 is 1.94 bits per heavy atom. The van der Waals surface area contributed by atoms with Crippen molar-refractivity contribution in [2.75, 3.05) is 0 Å². The molecule has 2 unspecified atom stereocenters. The van der Waals surface area contributed by atoms with Gasteiger partial charge in [-0.05, 0) is 48.8 Å². The topological polar surface area (TPSA) is 17.1 Å². The fraction of sp³-hybridized carbons (Fsp3) is 0.562. The lowest BCUT2D eigenvalue weighted by Crippen LogP contribution is -2.28. The lowest BCUT2D eigenvalue weighted by Gasteiger charge is -2.30. The summed E-state index contributed by atoms with van der Waals surface area (Å²) in [7, 11) is 0. The van der Waals surface area contributed by atoms with Gasteiger partial charge in [0.1, 0.15) is 5.78 Å². The summed E-state index contributed by atoms with van der Waals surface area (Å²) in [4.78, 5) is 12.0. The van der Waals surface area contributed by atoms with Crippen LogP contribution in [-0.4, -0.2) is 5.78 Å².